The molecule has 0 saturated heterocycles. The molecule has 0 spiro atoms. The number of hydrogen-bond acceptors (Lipinski definition) is 3. The first-order chi connectivity index (χ1) is 8.83. The number of rotatable bonds is 10. The number of carbonyl (C=O) groups is 1. The van der Waals surface area contributed by atoms with Gasteiger partial charge in [-0.3, -0.25) is 4.79 Å². The molecule has 1 aromatic rings. The zero-order valence-corrected chi connectivity index (χ0v) is 10.9. The average Bonchev–Trinajstić information content (AvgIpc) is 2.40. The topological polar surface area (TPSA) is 52.3 Å². The highest BCUT2D eigenvalue weighted by molar-refractivity contribution is 5.78. The molecule has 3 nitrogen and oxygen atoms in total. The van der Waals surface area contributed by atoms with Crippen LogP contribution in [-0.4, -0.2) is 18.9 Å². The molecule has 0 aliphatic heterocycles. The van der Waals surface area contributed by atoms with Crippen LogP contribution in [0, 0.1) is 0 Å². The largest absolute Gasteiger partial charge is 0.377 e. The van der Waals surface area contributed by atoms with Crippen LogP contribution in [0.5, 0.6) is 0 Å². The highest BCUT2D eigenvalue weighted by atomic mass is 16.5. The Labute approximate surface area is 109 Å². The molecule has 0 unspecified atom stereocenters. The SMILES string of the molecule is NCCCCC(=O)CCCOCc1ccccc1. The van der Waals surface area contributed by atoms with Crippen LogP contribution in [0.2, 0.25) is 0 Å². The molecule has 18 heavy (non-hydrogen) atoms. The minimum Gasteiger partial charge on any atom is -0.377 e. The Balaban J connectivity index is 1.97. The number of Topliss-reactive ketones (excluding diaryl/α,β-unsaturated/α-hetero) is 1. The predicted octanol–water partition coefficient (Wildman–Crippen LogP) is 2.68. The number of nitrogens with two attached hydrogens (primary N) is 1. The Kier molecular flexibility index (Phi) is 8.10. The van der Waals surface area contributed by atoms with Gasteiger partial charge in [-0.15, -0.1) is 0 Å². The normalized spacial score (nSPS) is 10.5. The van der Waals surface area contributed by atoms with Gasteiger partial charge in [0, 0.05) is 19.4 Å². The van der Waals surface area contributed by atoms with Gasteiger partial charge >= 0.3 is 0 Å². The van der Waals surface area contributed by atoms with Crippen LogP contribution in [0.3, 0.4) is 0 Å². The van der Waals surface area contributed by atoms with E-state index in [4.69, 9.17) is 10.5 Å². The Morgan fingerprint density at radius 1 is 1.06 bits per heavy atom. The average molecular weight is 249 g/mol. The van der Waals surface area contributed by atoms with Crippen molar-refractivity contribution in [2.45, 2.75) is 38.7 Å². The van der Waals surface area contributed by atoms with Crippen molar-refractivity contribution in [3.63, 3.8) is 0 Å². The van der Waals surface area contributed by atoms with Crippen LogP contribution in [-0.2, 0) is 16.1 Å². The molecular formula is C15H23NO2. The summed E-state index contributed by atoms with van der Waals surface area (Å²) in [5.74, 6) is 0.326. The number of carbonyl (C=O) groups excluding carboxylic acids is 1. The zero-order valence-electron chi connectivity index (χ0n) is 10.9. The molecule has 0 aliphatic carbocycles. The summed E-state index contributed by atoms with van der Waals surface area (Å²) in [6.07, 6.45) is 3.96. The lowest BCUT2D eigenvalue weighted by Gasteiger charge is -2.04. The minimum absolute atomic E-state index is 0.326. The first-order valence-electron chi connectivity index (χ1n) is 6.66. The van der Waals surface area contributed by atoms with E-state index in [1.54, 1.807) is 0 Å². The van der Waals surface area contributed by atoms with Crippen molar-refractivity contribution in [1.29, 1.82) is 0 Å². The third-order valence-corrected chi connectivity index (χ3v) is 2.77. The van der Waals surface area contributed by atoms with Crippen molar-refractivity contribution in [3.8, 4) is 0 Å². The van der Waals surface area contributed by atoms with E-state index < -0.39 is 0 Å². The molecule has 3 heteroatoms. The molecule has 1 rings (SSSR count). The van der Waals surface area contributed by atoms with Gasteiger partial charge in [-0.25, -0.2) is 0 Å². The van der Waals surface area contributed by atoms with Crippen LogP contribution >= 0.6 is 0 Å². The highest BCUT2D eigenvalue weighted by Crippen LogP contribution is 2.04. The lowest BCUT2D eigenvalue weighted by Crippen LogP contribution is -2.04. The van der Waals surface area contributed by atoms with E-state index in [-0.39, 0.29) is 0 Å². The summed E-state index contributed by atoms with van der Waals surface area (Å²) in [4.78, 5) is 11.5. The Hall–Kier alpha value is -1.19. The minimum atomic E-state index is 0.326. The highest BCUT2D eigenvalue weighted by Gasteiger charge is 2.01. The van der Waals surface area contributed by atoms with Crippen molar-refractivity contribution in [3.05, 3.63) is 35.9 Å². The van der Waals surface area contributed by atoms with Crippen LogP contribution in [0.4, 0.5) is 0 Å². The lowest BCUT2D eigenvalue weighted by molar-refractivity contribution is -0.119. The fourth-order valence-electron chi connectivity index (χ4n) is 1.73. The Morgan fingerprint density at radius 2 is 1.78 bits per heavy atom. The van der Waals surface area contributed by atoms with Gasteiger partial charge in [0.05, 0.1) is 6.61 Å². The number of ether oxygens (including phenoxy) is 1. The van der Waals surface area contributed by atoms with Gasteiger partial charge in [0.1, 0.15) is 5.78 Å². The van der Waals surface area contributed by atoms with E-state index >= 15 is 0 Å². The number of hydrogen-bond donors (Lipinski definition) is 1. The second kappa shape index (κ2) is 9.80. The molecule has 0 aliphatic rings. The predicted molar refractivity (Wildman–Crippen MR) is 73.2 cm³/mol. The molecule has 2 N–H and O–H groups in total. The maximum atomic E-state index is 11.5. The van der Waals surface area contributed by atoms with Gasteiger partial charge < -0.3 is 10.5 Å². The molecule has 100 valence electrons. The second-order valence-corrected chi connectivity index (χ2v) is 4.43. The van der Waals surface area contributed by atoms with Gasteiger partial charge in [0.15, 0.2) is 0 Å². The van der Waals surface area contributed by atoms with Crippen LogP contribution in [0.25, 0.3) is 0 Å². The summed E-state index contributed by atoms with van der Waals surface area (Å²) >= 11 is 0. The molecule has 0 amide bonds. The molecule has 0 aromatic heterocycles. The zero-order chi connectivity index (χ0) is 13.1. The Morgan fingerprint density at radius 3 is 2.50 bits per heavy atom. The Bertz CT molecular complexity index is 325. The maximum absolute atomic E-state index is 11.5. The van der Waals surface area contributed by atoms with Gasteiger partial charge in [-0.2, -0.15) is 0 Å². The smallest absolute Gasteiger partial charge is 0.132 e. The number of benzene rings is 1. The first kappa shape index (κ1) is 14.9. The fraction of sp³-hybridized carbons (Fsp3) is 0.533. The van der Waals surface area contributed by atoms with Gasteiger partial charge in [0.2, 0.25) is 0 Å². The molecule has 0 bridgehead atoms. The van der Waals surface area contributed by atoms with E-state index in [0.717, 1.165) is 19.3 Å². The van der Waals surface area contributed by atoms with Crippen LogP contribution in [0.15, 0.2) is 30.3 Å². The summed E-state index contributed by atoms with van der Waals surface area (Å²) in [7, 11) is 0. The van der Waals surface area contributed by atoms with Gasteiger partial charge in [0.25, 0.3) is 0 Å². The monoisotopic (exact) mass is 249 g/mol. The van der Waals surface area contributed by atoms with Crippen molar-refractivity contribution < 1.29 is 9.53 Å². The summed E-state index contributed by atoms with van der Waals surface area (Å²) < 4.78 is 5.52. The summed E-state index contributed by atoms with van der Waals surface area (Å²) in [5, 5.41) is 0. The molecular weight excluding hydrogens is 226 g/mol. The summed E-state index contributed by atoms with van der Waals surface area (Å²) in [5.41, 5.74) is 6.55. The molecule has 0 heterocycles. The van der Waals surface area contributed by atoms with E-state index in [2.05, 4.69) is 0 Å². The summed E-state index contributed by atoms with van der Waals surface area (Å²) in [6, 6.07) is 10.1. The van der Waals surface area contributed by atoms with E-state index in [1.165, 1.54) is 5.56 Å². The van der Waals surface area contributed by atoms with E-state index in [0.29, 0.717) is 38.4 Å². The van der Waals surface area contributed by atoms with Crippen LogP contribution in [0.1, 0.15) is 37.7 Å². The molecule has 1 aromatic carbocycles. The maximum Gasteiger partial charge on any atom is 0.132 e. The number of ketones is 1. The molecule has 0 radical (unpaired) electrons. The third kappa shape index (κ3) is 7.20. The van der Waals surface area contributed by atoms with Crippen LogP contribution < -0.4 is 5.73 Å². The first-order valence-corrected chi connectivity index (χ1v) is 6.66. The number of unbranched alkanes of at least 4 members (excludes halogenated alkanes) is 1. The molecule has 0 saturated carbocycles. The quantitative estimate of drug-likeness (QED) is 0.649. The van der Waals surface area contributed by atoms with Gasteiger partial charge in [-0.1, -0.05) is 30.3 Å². The fourth-order valence-corrected chi connectivity index (χ4v) is 1.73. The summed E-state index contributed by atoms with van der Waals surface area (Å²) in [6.45, 7) is 1.95. The molecule has 0 fully saturated rings. The third-order valence-electron chi connectivity index (χ3n) is 2.77. The molecule has 0 atom stereocenters. The van der Waals surface area contributed by atoms with Crippen molar-refractivity contribution in [1.82, 2.24) is 0 Å². The second-order valence-electron chi connectivity index (χ2n) is 4.43. The van der Waals surface area contributed by atoms with Crippen molar-refractivity contribution in [2.75, 3.05) is 13.2 Å². The van der Waals surface area contributed by atoms with Gasteiger partial charge in [-0.05, 0) is 31.4 Å². The standard InChI is InChI=1S/C15H23NO2/c16-11-5-4-9-15(17)10-6-12-18-13-14-7-2-1-3-8-14/h1-3,7-8H,4-6,9-13,16H2. The van der Waals surface area contributed by atoms with E-state index in [9.17, 15) is 4.79 Å². The van der Waals surface area contributed by atoms with Crippen molar-refractivity contribution >= 4 is 5.78 Å². The van der Waals surface area contributed by atoms with Crippen molar-refractivity contribution in [2.24, 2.45) is 5.73 Å². The van der Waals surface area contributed by atoms with E-state index in [1.807, 2.05) is 30.3 Å². The lowest BCUT2D eigenvalue weighted by atomic mass is 10.1.